The molecule has 2 saturated carbocycles. The fraction of sp³-hybridized carbons (Fsp3) is 0.917. The van der Waals surface area contributed by atoms with Crippen molar-refractivity contribution < 1.29 is 28.1 Å². The Morgan fingerprint density at radius 3 is 1.50 bits per heavy atom. The zero-order valence-electron chi connectivity index (χ0n) is 20.3. The quantitative estimate of drug-likeness (QED) is 0.324. The second-order valence-corrected chi connectivity index (χ2v) is 12.5. The third-order valence-electron chi connectivity index (χ3n) is 7.59. The van der Waals surface area contributed by atoms with Crippen molar-refractivity contribution in [2.75, 3.05) is 0 Å². The Labute approximate surface area is 199 Å². The van der Waals surface area contributed by atoms with Crippen LogP contribution in [-0.4, -0.2) is 36.4 Å². The lowest BCUT2D eigenvalue weighted by atomic mass is 9.75. The van der Waals surface area contributed by atoms with Crippen LogP contribution in [0.25, 0.3) is 0 Å². The summed E-state index contributed by atoms with van der Waals surface area (Å²) < 4.78 is 22.9. The first kappa shape index (κ1) is 26.2. The molecule has 0 N–H and O–H groups in total. The van der Waals surface area contributed by atoms with Crippen LogP contribution in [0.2, 0.25) is 0 Å². The lowest BCUT2D eigenvalue weighted by molar-refractivity contribution is -0.176. The summed E-state index contributed by atoms with van der Waals surface area (Å²) in [6.07, 6.45) is 3.27. The Bertz CT molecular complexity index is 604. The smallest absolute Gasteiger partial charge is 0.339 e. The van der Waals surface area contributed by atoms with Crippen LogP contribution < -0.4 is 0 Å². The van der Waals surface area contributed by atoms with Crippen LogP contribution >= 0.6 is 19.0 Å². The second-order valence-electron chi connectivity index (χ2n) is 10.9. The molecule has 0 radical (unpaired) electrons. The van der Waals surface area contributed by atoms with Gasteiger partial charge in [-0.15, -0.1) is 0 Å². The van der Waals surface area contributed by atoms with E-state index < -0.39 is 31.9 Å². The van der Waals surface area contributed by atoms with Crippen molar-refractivity contribution in [1.82, 2.24) is 0 Å². The molecule has 0 aromatic carbocycles. The highest BCUT2D eigenvalue weighted by Crippen LogP contribution is 2.53. The lowest BCUT2D eigenvalue weighted by Crippen LogP contribution is -2.45. The Morgan fingerprint density at radius 2 is 1.16 bits per heavy atom. The number of carbonyl (C=O) groups excluding carboxylic acids is 2. The van der Waals surface area contributed by atoms with Gasteiger partial charge in [-0.25, -0.2) is 9.59 Å². The van der Waals surface area contributed by atoms with E-state index in [0.29, 0.717) is 35.5 Å². The highest BCUT2D eigenvalue weighted by molar-refractivity contribution is 7.76. The van der Waals surface area contributed by atoms with Gasteiger partial charge in [0.1, 0.15) is 12.2 Å². The number of rotatable bonds is 6. The van der Waals surface area contributed by atoms with Crippen LogP contribution in [0.5, 0.6) is 0 Å². The number of hydrogen-bond donors (Lipinski definition) is 0. The van der Waals surface area contributed by atoms with E-state index in [1.807, 2.05) is 0 Å². The summed E-state index contributed by atoms with van der Waals surface area (Å²) in [6, 6.07) is 0. The minimum atomic E-state index is -1.85. The molecule has 6 nitrogen and oxygen atoms in total. The van der Waals surface area contributed by atoms with E-state index in [0.717, 1.165) is 38.5 Å². The molecule has 184 valence electrons. The Morgan fingerprint density at radius 1 is 0.781 bits per heavy atom. The Hall–Kier alpha value is -0.420. The first-order valence-electron chi connectivity index (χ1n) is 12.3. The lowest BCUT2D eigenvalue weighted by Gasteiger charge is -2.37. The van der Waals surface area contributed by atoms with Crippen molar-refractivity contribution in [1.29, 1.82) is 0 Å². The molecule has 1 saturated heterocycles. The molecule has 8 atom stereocenters. The maximum Gasteiger partial charge on any atom is 0.339 e. The molecule has 1 heterocycles. The van der Waals surface area contributed by atoms with Crippen molar-refractivity contribution in [2.45, 2.75) is 104 Å². The molecule has 3 aliphatic rings. The van der Waals surface area contributed by atoms with Crippen molar-refractivity contribution in [3.63, 3.8) is 0 Å². The fourth-order valence-corrected chi connectivity index (χ4v) is 6.90. The number of esters is 2. The van der Waals surface area contributed by atoms with Gasteiger partial charge in [0.25, 0.3) is 7.73 Å². The zero-order chi connectivity index (χ0) is 23.6. The van der Waals surface area contributed by atoms with Gasteiger partial charge in [-0.1, -0.05) is 54.4 Å². The molecule has 0 aromatic heterocycles. The van der Waals surface area contributed by atoms with Gasteiger partial charge in [0.15, 0.2) is 12.2 Å². The summed E-state index contributed by atoms with van der Waals surface area (Å²) in [5, 5.41) is 0. The molecule has 0 amide bonds. The third-order valence-corrected chi connectivity index (χ3v) is 8.85. The number of ether oxygens (including phenoxy) is 2. The molecule has 3 fully saturated rings. The molecule has 8 heteroatoms. The summed E-state index contributed by atoms with van der Waals surface area (Å²) in [5.74, 6) is 1.28. The Balaban J connectivity index is 1.67. The van der Waals surface area contributed by atoms with Crippen molar-refractivity contribution in [3.05, 3.63) is 0 Å². The van der Waals surface area contributed by atoms with E-state index in [1.165, 1.54) is 0 Å². The predicted molar refractivity (Wildman–Crippen MR) is 125 cm³/mol. The minimum Gasteiger partial charge on any atom is -0.460 e. The number of hydrogen-bond acceptors (Lipinski definition) is 6. The summed E-state index contributed by atoms with van der Waals surface area (Å²) >= 11 is 6.08. The largest absolute Gasteiger partial charge is 0.460 e. The van der Waals surface area contributed by atoms with Crippen LogP contribution in [0.4, 0.5) is 0 Å². The van der Waals surface area contributed by atoms with Gasteiger partial charge >= 0.3 is 11.9 Å². The second kappa shape index (κ2) is 11.3. The van der Waals surface area contributed by atoms with E-state index in [2.05, 4.69) is 41.5 Å². The molecule has 2 aliphatic carbocycles. The van der Waals surface area contributed by atoms with E-state index >= 15 is 0 Å². The summed E-state index contributed by atoms with van der Waals surface area (Å²) in [4.78, 5) is 26.2. The first-order chi connectivity index (χ1) is 15.1. The SMILES string of the molecule is CC(C)[C@H]1CC[C@H](C)C[C@@H]1OC(=O)[C@H]1OP(Cl)O[C@@H]1C(=O)O[C@H]1C[C@@H](C)CC[C@@H]1C(C)C. The molecular formula is C24H40ClO6P. The average Bonchev–Trinajstić information content (AvgIpc) is 3.09. The maximum atomic E-state index is 13.1. The molecule has 0 unspecified atom stereocenters. The zero-order valence-corrected chi connectivity index (χ0v) is 21.9. The summed E-state index contributed by atoms with van der Waals surface area (Å²) in [5.41, 5.74) is 0. The molecule has 0 aromatic rings. The molecular weight excluding hydrogens is 451 g/mol. The summed E-state index contributed by atoms with van der Waals surface area (Å²) in [7, 11) is -1.85. The highest BCUT2D eigenvalue weighted by atomic mass is 35.7. The molecule has 3 rings (SSSR count). The maximum absolute atomic E-state index is 13.1. The van der Waals surface area contributed by atoms with Crippen LogP contribution in [0.3, 0.4) is 0 Å². The van der Waals surface area contributed by atoms with Crippen molar-refractivity contribution in [2.24, 2.45) is 35.5 Å². The van der Waals surface area contributed by atoms with Gasteiger partial charge in [-0.2, -0.15) is 0 Å². The van der Waals surface area contributed by atoms with Crippen LogP contribution in [0, 0.1) is 35.5 Å². The number of halogens is 1. The normalized spacial score (nSPS) is 38.8. The van der Waals surface area contributed by atoms with Gasteiger partial charge < -0.3 is 18.5 Å². The van der Waals surface area contributed by atoms with Gasteiger partial charge in [0.05, 0.1) is 0 Å². The number of carbonyl (C=O) groups is 2. The van der Waals surface area contributed by atoms with E-state index in [9.17, 15) is 9.59 Å². The molecule has 1 aliphatic heterocycles. The van der Waals surface area contributed by atoms with E-state index in [-0.39, 0.29) is 12.2 Å². The Kier molecular flexibility index (Phi) is 9.28. The highest BCUT2D eigenvalue weighted by Gasteiger charge is 2.50. The van der Waals surface area contributed by atoms with Gasteiger partial charge in [-0.3, -0.25) is 0 Å². The van der Waals surface area contributed by atoms with Gasteiger partial charge in [0.2, 0.25) is 0 Å². The van der Waals surface area contributed by atoms with Gasteiger partial charge in [-0.05, 0) is 72.4 Å². The van der Waals surface area contributed by atoms with E-state index in [1.54, 1.807) is 0 Å². The van der Waals surface area contributed by atoms with Crippen LogP contribution in [0.15, 0.2) is 0 Å². The fourth-order valence-electron chi connectivity index (χ4n) is 5.58. The van der Waals surface area contributed by atoms with Gasteiger partial charge in [0, 0.05) is 0 Å². The topological polar surface area (TPSA) is 71.1 Å². The molecule has 32 heavy (non-hydrogen) atoms. The molecule has 0 spiro atoms. The minimum absolute atomic E-state index is 0.182. The molecule has 0 bridgehead atoms. The van der Waals surface area contributed by atoms with Crippen molar-refractivity contribution >= 4 is 30.9 Å². The standard InChI is InChI=1S/C24H40ClO6P/c1-13(2)17-9-7-15(5)11-19(17)28-23(26)21-22(31-32(25)30-21)24(27)29-20-12-16(6)8-10-18(20)14(3)4/h13-22H,7-12H2,1-6H3/t15-,16-,17+,18+,19-,20-,21-,22-/m0/s1. The van der Waals surface area contributed by atoms with Crippen molar-refractivity contribution in [3.8, 4) is 0 Å². The third kappa shape index (κ3) is 6.37. The predicted octanol–water partition coefficient (Wildman–Crippen LogP) is 6.24. The first-order valence-corrected chi connectivity index (χ1v) is 14.4. The van der Waals surface area contributed by atoms with Crippen LogP contribution in [-0.2, 0) is 28.1 Å². The summed E-state index contributed by atoms with van der Waals surface area (Å²) in [6.45, 7) is 13.0. The van der Waals surface area contributed by atoms with Crippen LogP contribution in [0.1, 0.15) is 80.1 Å². The monoisotopic (exact) mass is 490 g/mol. The van der Waals surface area contributed by atoms with E-state index in [4.69, 9.17) is 29.8 Å². The average molecular weight is 491 g/mol.